The van der Waals surface area contributed by atoms with Gasteiger partial charge in [0, 0.05) is 0 Å². The number of aryl methyl sites for hydroxylation is 1. The fourth-order valence-electron chi connectivity index (χ4n) is 1.74. The Labute approximate surface area is 109 Å². The second-order valence-electron chi connectivity index (χ2n) is 4.18. The summed E-state index contributed by atoms with van der Waals surface area (Å²) in [5.74, 6) is -0.931. The van der Waals surface area contributed by atoms with Gasteiger partial charge in [0.1, 0.15) is 23.1 Å². The fraction of sp³-hybridized carbons (Fsp3) is 0.133. The quantitative estimate of drug-likeness (QED) is 0.772. The molecule has 0 aromatic heterocycles. The summed E-state index contributed by atoms with van der Waals surface area (Å²) >= 11 is 0. The topological polar surface area (TPSA) is 26.3 Å². The summed E-state index contributed by atoms with van der Waals surface area (Å²) in [6.07, 6.45) is 0. The molecule has 2 aromatic rings. The van der Waals surface area contributed by atoms with E-state index >= 15 is 0 Å². The van der Waals surface area contributed by atoms with E-state index in [9.17, 15) is 13.6 Å². The van der Waals surface area contributed by atoms with Crippen molar-refractivity contribution in [3.63, 3.8) is 0 Å². The van der Waals surface area contributed by atoms with Crippen LogP contribution in [0.15, 0.2) is 36.4 Å². The first-order valence-electron chi connectivity index (χ1n) is 5.72. The second-order valence-corrected chi connectivity index (χ2v) is 4.18. The first kappa shape index (κ1) is 13.2. The first-order chi connectivity index (χ1) is 8.99. The van der Waals surface area contributed by atoms with Gasteiger partial charge in [0.25, 0.3) is 0 Å². The summed E-state index contributed by atoms with van der Waals surface area (Å²) in [5, 5.41) is 0. The predicted octanol–water partition coefficient (Wildman–Crippen LogP) is 4.27. The van der Waals surface area contributed by atoms with Crippen LogP contribution in [0, 0.1) is 18.6 Å². The average Bonchev–Trinajstić information content (AvgIpc) is 2.33. The Balaban J connectivity index is 2.40. The van der Waals surface area contributed by atoms with Crippen molar-refractivity contribution in [1.29, 1.82) is 0 Å². The maximum Gasteiger partial charge on any atom is 0.166 e. The molecule has 98 valence electrons. The molecule has 0 aliphatic carbocycles. The number of carbonyl (C=O) groups is 1. The Morgan fingerprint density at radius 2 is 1.84 bits per heavy atom. The maximum absolute atomic E-state index is 13.6. The highest BCUT2D eigenvalue weighted by molar-refractivity contribution is 5.97. The van der Waals surface area contributed by atoms with E-state index in [2.05, 4.69) is 0 Å². The number of ether oxygens (including phenoxy) is 1. The van der Waals surface area contributed by atoms with Crippen LogP contribution in [0.3, 0.4) is 0 Å². The SMILES string of the molecule is CC(=O)c1c(F)cccc1Oc1ccc(F)c(C)c1. The minimum Gasteiger partial charge on any atom is -0.456 e. The number of rotatable bonds is 3. The molecule has 0 amide bonds. The summed E-state index contributed by atoms with van der Waals surface area (Å²) in [6, 6.07) is 8.32. The standard InChI is InChI=1S/C15H12F2O2/c1-9-8-11(6-7-12(9)16)19-14-5-3-4-13(17)15(14)10(2)18/h3-8H,1-2H3. The number of carbonyl (C=O) groups excluding carboxylic acids is 1. The van der Waals surface area contributed by atoms with E-state index in [1.807, 2.05) is 0 Å². The van der Waals surface area contributed by atoms with Crippen LogP contribution in [-0.4, -0.2) is 5.78 Å². The van der Waals surface area contributed by atoms with Crippen molar-refractivity contribution in [2.24, 2.45) is 0 Å². The molecule has 0 unspecified atom stereocenters. The van der Waals surface area contributed by atoms with Crippen molar-refractivity contribution < 1.29 is 18.3 Å². The van der Waals surface area contributed by atoms with Gasteiger partial charge in [0.2, 0.25) is 0 Å². The van der Waals surface area contributed by atoms with Crippen LogP contribution in [0.2, 0.25) is 0 Å². The molecule has 0 bridgehead atoms. The molecule has 0 radical (unpaired) electrons. The van der Waals surface area contributed by atoms with Crippen LogP contribution in [0.4, 0.5) is 8.78 Å². The Bertz CT molecular complexity index is 636. The summed E-state index contributed by atoms with van der Waals surface area (Å²) in [4.78, 5) is 11.4. The van der Waals surface area contributed by atoms with Crippen molar-refractivity contribution in [3.8, 4) is 11.5 Å². The molecule has 0 heterocycles. The zero-order valence-corrected chi connectivity index (χ0v) is 10.5. The lowest BCUT2D eigenvalue weighted by Gasteiger charge is -2.10. The highest BCUT2D eigenvalue weighted by atomic mass is 19.1. The highest BCUT2D eigenvalue weighted by Crippen LogP contribution is 2.28. The van der Waals surface area contributed by atoms with Crippen LogP contribution < -0.4 is 4.74 Å². The van der Waals surface area contributed by atoms with Gasteiger partial charge in [0.15, 0.2) is 5.78 Å². The van der Waals surface area contributed by atoms with Gasteiger partial charge in [-0.3, -0.25) is 4.79 Å². The Kier molecular flexibility index (Phi) is 3.60. The molecule has 19 heavy (non-hydrogen) atoms. The molecular formula is C15H12F2O2. The predicted molar refractivity (Wildman–Crippen MR) is 67.6 cm³/mol. The van der Waals surface area contributed by atoms with E-state index < -0.39 is 11.6 Å². The van der Waals surface area contributed by atoms with Crippen molar-refractivity contribution in [1.82, 2.24) is 0 Å². The van der Waals surface area contributed by atoms with E-state index in [1.165, 1.54) is 43.3 Å². The average molecular weight is 262 g/mol. The highest BCUT2D eigenvalue weighted by Gasteiger charge is 2.15. The van der Waals surface area contributed by atoms with Crippen LogP contribution in [0.5, 0.6) is 11.5 Å². The third kappa shape index (κ3) is 2.78. The third-order valence-electron chi connectivity index (χ3n) is 2.68. The molecule has 2 rings (SSSR count). The molecule has 0 spiro atoms. The molecule has 4 heteroatoms. The molecule has 0 aliphatic heterocycles. The monoisotopic (exact) mass is 262 g/mol. The van der Waals surface area contributed by atoms with Crippen LogP contribution in [0.25, 0.3) is 0 Å². The number of hydrogen-bond acceptors (Lipinski definition) is 2. The van der Waals surface area contributed by atoms with Crippen LogP contribution in [-0.2, 0) is 0 Å². The summed E-state index contributed by atoms with van der Waals surface area (Å²) in [5.41, 5.74) is 0.308. The van der Waals surface area contributed by atoms with Gasteiger partial charge in [0.05, 0.1) is 5.56 Å². The van der Waals surface area contributed by atoms with Gasteiger partial charge in [-0.05, 0) is 49.7 Å². The van der Waals surface area contributed by atoms with Crippen molar-refractivity contribution in [2.45, 2.75) is 13.8 Å². The first-order valence-corrected chi connectivity index (χ1v) is 5.72. The molecule has 0 saturated carbocycles. The summed E-state index contributed by atoms with van der Waals surface area (Å²) < 4.78 is 32.2. The molecule has 0 aliphatic rings. The number of ketones is 1. The van der Waals surface area contributed by atoms with Gasteiger partial charge in [-0.15, -0.1) is 0 Å². The molecule has 0 atom stereocenters. The lowest BCUT2D eigenvalue weighted by atomic mass is 10.1. The van der Waals surface area contributed by atoms with Crippen molar-refractivity contribution in [2.75, 3.05) is 0 Å². The lowest BCUT2D eigenvalue weighted by Crippen LogP contribution is -2.01. The molecular weight excluding hydrogens is 250 g/mol. The number of hydrogen-bond donors (Lipinski definition) is 0. The molecule has 0 fully saturated rings. The van der Waals surface area contributed by atoms with Gasteiger partial charge in [-0.25, -0.2) is 8.78 Å². The summed E-state index contributed by atoms with van der Waals surface area (Å²) in [6.45, 7) is 2.86. The zero-order chi connectivity index (χ0) is 14.0. The van der Waals surface area contributed by atoms with E-state index in [0.717, 1.165) is 0 Å². The normalized spacial score (nSPS) is 10.3. The van der Waals surface area contributed by atoms with E-state index in [0.29, 0.717) is 11.3 Å². The fourth-order valence-corrected chi connectivity index (χ4v) is 1.74. The van der Waals surface area contributed by atoms with Gasteiger partial charge in [-0.2, -0.15) is 0 Å². The maximum atomic E-state index is 13.6. The Hall–Kier alpha value is -2.23. The van der Waals surface area contributed by atoms with Gasteiger partial charge >= 0.3 is 0 Å². The van der Waals surface area contributed by atoms with E-state index in [1.54, 1.807) is 6.92 Å². The number of benzene rings is 2. The van der Waals surface area contributed by atoms with Crippen molar-refractivity contribution >= 4 is 5.78 Å². The van der Waals surface area contributed by atoms with Gasteiger partial charge < -0.3 is 4.74 Å². The largest absolute Gasteiger partial charge is 0.456 e. The van der Waals surface area contributed by atoms with Crippen LogP contribution in [0.1, 0.15) is 22.8 Å². The Morgan fingerprint density at radius 1 is 1.11 bits per heavy atom. The third-order valence-corrected chi connectivity index (χ3v) is 2.68. The van der Waals surface area contributed by atoms with Gasteiger partial charge in [-0.1, -0.05) is 6.07 Å². The number of Topliss-reactive ketones (excluding diaryl/α,β-unsaturated/α-hetero) is 1. The Morgan fingerprint density at radius 3 is 2.47 bits per heavy atom. The lowest BCUT2D eigenvalue weighted by molar-refractivity contribution is 0.101. The number of halogens is 2. The second kappa shape index (κ2) is 5.18. The molecule has 0 saturated heterocycles. The smallest absolute Gasteiger partial charge is 0.166 e. The zero-order valence-electron chi connectivity index (χ0n) is 10.5. The van der Waals surface area contributed by atoms with Crippen molar-refractivity contribution in [3.05, 3.63) is 59.2 Å². The van der Waals surface area contributed by atoms with E-state index in [4.69, 9.17) is 4.74 Å². The molecule has 2 aromatic carbocycles. The summed E-state index contributed by atoms with van der Waals surface area (Å²) in [7, 11) is 0. The van der Waals surface area contributed by atoms with E-state index in [-0.39, 0.29) is 17.1 Å². The molecule has 0 N–H and O–H groups in total. The van der Waals surface area contributed by atoms with Crippen LogP contribution >= 0.6 is 0 Å². The minimum absolute atomic E-state index is 0.107. The minimum atomic E-state index is -0.635. The molecule has 2 nitrogen and oxygen atoms in total.